The van der Waals surface area contributed by atoms with Crippen molar-refractivity contribution in [2.24, 2.45) is 0 Å². The maximum absolute atomic E-state index is 10.9. The van der Waals surface area contributed by atoms with Gasteiger partial charge in [0.15, 0.2) is 0 Å². The molecule has 1 aliphatic rings. The molecule has 1 amide bonds. The van der Waals surface area contributed by atoms with Crippen LogP contribution in [0.3, 0.4) is 0 Å². The van der Waals surface area contributed by atoms with Gasteiger partial charge < -0.3 is 10.2 Å². The Hall–Kier alpha value is -0.570. The SMILES string of the molecule is CCN(C(C)=O)C1CNC1. The Morgan fingerprint density at radius 3 is 2.40 bits per heavy atom. The monoisotopic (exact) mass is 142 g/mol. The molecule has 1 rings (SSSR count). The van der Waals surface area contributed by atoms with Gasteiger partial charge >= 0.3 is 0 Å². The highest BCUT2D eigenvalue weighted by Gasteiger charge is 2.24. The summed E-state index contributed by atoms with van der Waals surface area (Å²) in [4.78, 5) is 12.8. The van der Waals surface area contributed by atoms with Gasteiger partial charge in [-0.3, -0.25) is 4.79 Å². The van der Waals surface area contributed by atoms with E-state index in [1.54, 1.807) is 6.92 Å². The van der Waals surface area contributed by atoms with E-state index in [1.165, 1.54) is 0 Å². The second-order valence-electron chi connectivity index (χ2n) is 2.62. The third kappa shape index (κ3) is 1.29. The predicted octanol–water partition coefficient (Wildman–Crippen LogP) is -0.173. The van der Waals surface area contributed by atoms with E-state index in [9.17, 15) is 4.79 Å². The Labute approximate surface area is 61.4 Å². The van der Waals surface area contributed by atoms with E-state index >= 15 is 0 Å². The van der Waals surface area contributed by atoms with Crippen molar-refractivity contribution in [1.29, 1.82) is 0 Å². The summed E-state index contributed by atoms with van der Waals surface area (Å²) in [6.07, 6.45) is 0. The van der Waals surface area contributed by atoms with E-state index in [0.29, 0.717) is 6.04 Å². The van der Waals surface area contributed by atoms with Crippen molar-refractivity contribution >= 4 is 5.91 Å². The zero-order valence-corrected chi connectivity index (χ0v) is 6.55. The van der Waals surface area contributed by atoms with Gasteiger partial charge in [-0.15, -0.1) is 0 Å². The first-order valence-corrected chi connectivity index (χ1v) is 3.73. The van der Waals surface area contributed by atoms with Crippen LogP contribution in [-0.4, -0.2) is 36.5 Å². The molecule has 0 atom stereocenters. The molecule has 0 aromatic carbocycles. The highest BCUT2D eigenvalue weighted by atomic mass is 16.2. The topological polar surface area (TPSA) is 32.3 Å². The molecule has 0 radical (unpaired) electrons. The Bertz CT molecular complexity index is 132. The molecule has 10 heavy (non-hydrogen) atoms. The van der Waals surface area contributed by atoms with Crippen molar-refractivity contribution in [2.75, 3.05) is 19.6 Å². The Morgan fingerprint density at radius 1 is 1.70 bits per heavy atom. The molecule has 3 nitrogen and oxygen atoms in total. The zero-order chi connectivity index (χ0) is 7.56. The fourth-order valence-electron chi connectivity index (χ4n) is 1.23. The summed E-state index contributed by atoms with van der Waals surface area (Å²) in [5.74, 6) is 0.189. The predicted molar refractivity (Wildman–Crippen MR) is 39.7 cm³/mol. The van der Waals surface area contributed by atoms with E-state index < -0.39 is 0 Å². The molecule has 3 heteroatoms. The van der Waals surface area contributed by atoms with Gasteiger partial charge in [0.05, 0.1) is 6.04 Å². The first kappa shape index (κ1) is 7.54. The van der Waals surface area contributed by atoms with E-state index in [0.717, 1.165) is 19.6 Å². The standard InChI is InChI=1S/C7H14N2O/c1-3-9(6(2)10)7-4-8-5-7/h7-8H,3-5H2,1-2H3. The Kier molecular flexibility index (Phi) is 2.27. The minimum absolute atomic E-state index is 0.189. The van der Waals surface area contributed by atoms with Crippen LogP contribution in [0.1, 0.15) is 13.8 Å². The summed E-state index contributed by atoms with van der Waals surface area (Å²) >= 11 is 0. The van der Waals surface area contributed by atoms with Crippen LogP contribution in [-0.2, 0) is 4.79 Å². The molecule has 1 fully saturated rings. The molecule has 0 bridgehead atoms. The molecule has 0 unspecified atom stereocenters. The van der Waals surface area contributed by atoms with Gasteiger partial charge in [0.25, 0.3) is 0 Å². The molecule has 0 saturated carbocycles. The number of hydrogen-bond donors (Lipinski definition) is 1. The van der Waals surface area contributed by atoms with Crippen LogP contribution in [0, 0.1) is 0 Å². The lowest BCUT2D eigenvalue weighted by atomic mass is 10.1. The normalized spacial score (nSPS) is 18.2. The summed E-state index contributed by atoms with van der Waals surface area (Å²) in [6, 6.07) is 0.461. The summed E-state index contributed by atoms with van der Waals surface area (Å²) in [6.45, 7) is 6.41. The smallest absolute Gasteiger partial charge is 0.219 e. The zero-order valence-electron chi connectivity index (χ0n) is 6.55. The van der Waals surface area contributed by atoms with Crippen molar-refractivity contribution in [3.8, 4) is 0 Å². The average Bonchev–Trinajstić information content (AvgIpc) is 1.76. The van der Waals surface area contributed by atoms with Crippen LogP contribution >= 0.6 is 0 Å². The molecule has 0 aliphatic carbocycles. The van der Waals surface area contributed by atoms with E-state index in [2.05, 4.69) is 5.32 Å². The number of nitrogens with one attached hydrogen (secondary N) is 1. The Balaban J connectivity index is 2.39. The fourth-order valence-corrected chi connectivity index (χ4v) is 1.23. The van der Waals surface area contributed by atoms with Crippen molar-refractivity contribution in [2.45, 2.75) is 19.9 Å². The van der Waals surface area contributed by atoms with Crippen molar-refractivity contribution in [3.05, 3.63) is 0 Å². The van der Waals surface area contributed by atoms with Gasteiger partial charge in [-0.05, 0) is 6.92 Å². The first-order valence-electron chi connectivity index (χ1n) is 3.73. The molecule has 1 N–H and O–H groups in total. The maximum atomic E-state index is 10.9. The van der Waals surface area contributed by atoms with Crippen molar-refractivity contribution in [3.63, 3.8) is 0 Å². The molecule has 1 heterocycles. The first-order chi connectivity index (χ1) is 4.75. The molecule has 0 spiro atoms. The lowest BCUT2D eigenvalue weighted by Gasteiger charge is -2.36. The lowest BCUT2D eigenvalue weighted by Crippen LogP contribution is -2.58. The fraction of sp³-hybridized carbons (Fsp3) is 0.857. The molecular formula is C7H14N2O. The summed E-state index contributed by atoms with van der Waals surface area (Å²) < 4.78 is 0. The molecule has 1 aliphatic heterocycles. The highest BCUT2D eigenvalue weighted by Crippen LogP contribution is 2.03. The van der Waals surface area contributed by atoms with Crippen LogP contribution in [0.4, 0.5) is 0 Å². The van der Waals surface area contributed by atoms with Crippen LogP contribution in [0.15, 0.2) is 0 Å². The second-order valence-corrected chi connectivity index (χ2v) is 2.62. The third-order valence-corrected chi connectivity index (χ3v) is 1.95. The number of nitrogens with zero attached hydrogens (tertiary/aromatic N) is 1. The number of carbonyl (C=O) groups is 1. The van der Waals surface area contributed by atoms with Crippen molar-refractivity contribution < 1.29 is 4.79 Å². The van der Waals surface area contributed by atoms with Gasteiger partial charge in [0.2, 0.25) is 5.91 Å². The summed E-state index contributed by atoms with van der Waals surface area (Å²) in [5.41, 5.74) is 0. The molecule has 0 aromatic heterocycles. The van der Waals surface area contributed by atoms with E-state index in [-0.39, 0.29) is 5.91 Å². The molecule has 58 valence electrons. The van der Waals surface area contributed by atoms with E-state index in [1.807, 2.05) is 11.8 Å². The molecule has 0 aromatic rings. The van der Waals surface area contributed by atoms with Gasteiger partial charge in [0, 0.05) is 26.6 Å². The lowest BCUT2D eigenvalue weighted by molar-refractivity contribution is -0.131. The molecular weight excluding hydrogens is 128 g/mol. The quantitative estimate of drug-likeness (QED) is 0.580. The van der Waals surface area contributed by atoms with Gasteiger partial charge in [0.1, 0.15) is 0 Å². The number of carbonyl (C=O) groups excluding carboxylic acids is 1. The third-order valence-electron chi connectivity index (χ3n) is 1.95. The summed E-state index contributed by atoms with van der Waals surface area (Å²) in [5, 5.41) is 3.14. The minimum atomic E-state index is 0.189. The minimum Gasteiger partial charge on any atom is -0.338 e. The van der Waals surface area contributed by atoms with Gasteiger partial charge in [-0.1, -0.05) is 0 Å². The maximum Gasteiger partial charge on any atom is 0.219 e. The molecule has 1 saturated heterocycles. The number of rotatable bonds is 2. The number of amides is 1. The largest absolute Gasteiger partial charge is 0.338 e. The van der Waals surface area contributed by atoms with Gasteiger partial charge in [-0.2, -0.15) is 0 Å². The van der Waals surface area contributed by atoms with Gasteiger partial charge in [-0.25, -0.2) is 0 Å². The average molecular weight is 142 g/mol. The second kappa shape index (κ2) is 3.01. The van der Waals surface area contributed by atoms with Crippen LogP contribution in [0.5, 0.6) is 0 Å². The van der Waals surface area contributed by atoms with E-state index in [4.69, 9.17) is 0 Å². The highest BCUT2D eigenvalue weighted by molar-refractivity contribution is 5.73. The number of likely N-dealkylation sites (N-methyl/N-ethyl adjacent to an activating group) is 1. The van der Waals surface area contributed by atoms with Crippen LogP contribution in [0.2, 0.25) is 0 Å². The van der Waals surface area contributed by atoms with Crippen LogP contribution < -0.4 is 5.32 Å². The van der Waals surface area contributed by atoms with Crippen molar-refractivity contribution in [1.82, 2.24) is 10.2 Å². The number of hydrogen-bond acceptors (Lipinski definition) is 2. The van der Waals surface area contributed by atoms with Crippen LogP contribution in [0.25, 0.3) is 0 Å². The summed E-state index contributed by atoms with van der Waals surface area (Å²) in [7, 11) is 0. The Morgan fingerprint density at radius 2 is 2.30 bits per heavy atom.